The van der Waals surface area contributed by atoms with Crippen molar-refractivity contribution in [3.05, 3.63) is 87.4 Å². The minimum atomic E-state index is 0.400. The van der Waals surface area contributed by atoms with E-state index >= 15 is 0 Å². The van der Waals surface area contributed by atoms with Crippen LogP contribution in [0.2, 0.25) is 10.0 Å². The van der Waals surface area contributed by atoms with Gasteiger partial charge in [0.05, 0.1) is 15.7 Å². The third-order valence-electron chi connectivity index (χ3n) is 4.52. The molecule has 8 nitrogen and oxygen atoms in total. The van der Waals surface area contributed by atoms with Gasteiger partial charge in [-0.3, -0.25) is 9.97 Å². The number of hydrogen-bond donors (Lipinski definition) is 2. The van der Waals surface area contributed by atoms with Crippen molar-refractivity contribution in [2.24, 2.45) is 5.73 Å². The lowest BCUT2D eigenvalue weighted by atomic mass is 10.2. The molecule has 10 heteroatoms. The molecule has 0 amide bonds. The van der Waals surface area contributed by atoms with Crippen LogP contribution >= 0.6 is 23.2 Å². The summed E-state index contributed by atoms with van der Waals surface area (Å²) in [6.45, 7) is 5.05. The Morgan fingerprint density at radius 3 is 2.23 bits per heavy atom. The number of nitrogens with zero attached hydrogens (tertiary/aromatic N) is 6. The normalized spacial score (nSPS) is 10.4. The van der Waals surface area contributed by atoms with Gasteiger partial charge in [-0.15, -0.1) is 0 Å². The summed E-state index contributed by atoms with van der Waals surface area (Å²) in [5.41, 5.74) is 10.2. The Morgan fingerprint density at radius 2 is 1.61 bits per heavy atom. The molecule has 0 atom stereocenters. The zero-order valence-corrected chi connectivity index (χ0v) is 18.6. The molecule has 0 bridgehead atoms. The van der Waals surface area contributed by atoms with E-state index in [0.717, 1.165) is 22.5 Å². The van der Waals surface area contributed by atoms with Crippen LogP contribution in [0.3, 0.4) is 0 Å². The smallest absolute Gasteiger partial charge is 0.248 e. The summed E-state index contributed by atoms with van der Waals surface area (Å²) in [4.78, 5) is 8.32. The van der Waals surface area contributed by atoms with E-state index < -0.39 is 0 Å². The van der Waals surface area contributed by atoms with Crippen molar-refractivity contribution in [1.82, 2.24) is 30.2 Å². The van der Waals surface area contributed by atoms with E-state index in [1.807, 2.05) is 38.1 Å². The molecule has 0 fully saturated rings. The number of nitrogens with two attached hydrogens (primary N) is 1. The van der Waals surface area contributed by atoms with Crippen LogP contribution in [-0.2, 0) is 13.1 Å². The highest BCUT2D eigenvalue weighted by Crippen LogP contribution is 2.29. The van der Waals surface area contributed by atoms with E-state index in [9.17, 15) is 0 Å². The third kappa shape index (κ3) is 5.75. The van der Waals surface area contributed by atoms with E-state index in [1.165, 1.54) is 4.68 Å². The first kappa shape index (κ1) is 22.6. The molecule has 0 aliphatic carbocycles. The molecule has 3 N–H and O–H groups in total. The second-order valence-corrected chi connectivity index (χ2v) is 7.33. The van der Waals surface area contributed by atoms with Gasteiger partial charge in [0.1, 0.15) is 0 Å². The molecule has 1 aromatic carbocycles. The highest BCUT2D eigenvalue weighted by atomic mass is 35.5. The van der Waals surface area contributed by atoms with Crippen molar-refractivity contribution < 1.29 is 0 Å². The molecule has 3 aromatic heterocycles. The van der Waals surface area contributed by atoms with Crippen LogP contribution in [0.4, 0.5) is 5.95 Å². The maximum absolute atomic E-state index is 6.21. The van der Waals surface area contributed by atoms with Crippen LogP contribution in [0.25, 0.3) is 5.69 Å². The number of tetrazole rings is 1. The molecular formula is C21H22Cl2N8. The molecule has 160 valence electrons. The zero-order chi connectivity index (χ0) is 22.2. The van der Waals surface area contributed by atoms with Crippen LogP contribution in [0.15, 0.2) is 54.9 Å². The average molecular weight is 457 g/mol. The van der Waals surface area contributed by atoms with E-state index in [2.05, 4.69) is 30.8 Å². The fraction of sp³-hybridized carbons (Fsp3) is 0.190. The Labute approximate surface area is 190 Å². The molecule has 0 aliphatic rings. The SMILES string of the molecule is Cc1ncccc1CN.Cc1ncccc1CNc1nnnn1-c1cccc(Cl)c1Cl. The van der Waals surface area contributed by atoms with Crippen LogP contribution in [0.5, 0.6) is 0 Å². The summed E-state index contributed by atoms with van der Waals surface area (Å²) >= 11 is 12.2. The van der Waals surface area contributed by atoms with Crippen molar-refractivity contribution in [2.45, 2.75) is 26.9 Å². The summed E-state index contributed by atoms with van der Waals surface area (Å²) in [6, 6.07) is 13.1. The molecule has 4 aromatic rings. The Hall–Kier alpha value is -3.07. The predicted octanol–water partition coefficient (Wildman–Crippen LogP) is 4.13. The molecule has 0 aliphatic heterocycles. The second kappa shape index (κ2) is 10.8. The number of halogens is 2. The lowest BCUT2D eigenvalue weighted by molar-refractivity contribution is 0.789. The lowest BCUT2D eigenvalue weighted by Crippen LogP contribution is -2.09. The summed E-state index contributed by atoms with van der Waals surface area (Å²) in [6.07, 6.45) is 3.53. The summed E-state index contributed by atoms with van der Waals surface area (Å²) in [7, 11) is 0. The van der Waals surface area contributed by atoms with E-state index in [1.54, 1.807) is 30.6 Å². The summed E-state index contributed by atoms with van der Waals surface area (Å²) < 4.78 is 1.51. The second-order valence-electron chi connectivity index (χ2n) is 6.54. The first-order chi connectivity index (χ1) is 15.0. The maximum Gasteiger partial charge on any atom is 0.248 e. The highest BCUT2D eigenvalue weighted by molar-refractivity contribution is 6.43. The van der Waals surface area contributed by atoms with E-state index in [0.29, 0.717) is 34.8 Å². The van der Waals surface area contributed by atoms with Gasteiger partial charge in [-0.1, -0.05) is 46.5 Å². The van der Waals surface area contributed by atoms with Gasteiger partial charge in [0.25, 0.3) is 0 Å². The minimum Gasteiger partial charge on any atom is -0.349 e. The summed E-state index contributed by atoms with van der Waals surface area (Å²) in [5, 5.41) is 15.6. The first-order valence-corrected chi connectivity index (χ1v) is 10.2. The zero-order valence-electron chi connectivity index (χ0n) is 17.1. The van der Waals surface area contributed by atoms with Crippen LogP contribution in [0, 0.1) is 13.8 Å². The van der Waals surface area contributed by atoms with E-state index in [-0.39, 0.29) is 0 Å². The van der Waals surface area contributed by atoms with Crippen molar-refractivity contribution in [3.63, 3.8) is 0 Å². The molecule has 0 saturated carbocycles. The number of nitrogens with one attached hydrogen (secondary N) is 1. The maximum atomic E-state index is 6.21. The van der Waals surface area contributed by atoms with Gasteiger partial charge in [-0.05, 0) is 59.7 Å². The predicted molar refractivity (Wildman–Crippen MR) is 122 cm³/mol. The number of anilines is 1. The molecule has 4 rings (SSSR count). The number of aryl methyl sites for hydroxylation is 2. The molecule has 0 spiro atoms. The van der Waals surface area contributed by atoms with Gasteiger partial charge in [-0.2, -0.15) is 4.68 Å². The Bertz CT molecular complexity index is 1150. The van der Waals surface area contributed by atoms with Crippen LogP contribution < -0.4 is 11.1 Å². The molecule has 3 heterocycles. The monoisotopic (exact) mass is 456 g/mol. The Morgan fingerprint density at radius 1 is 0.935 bits per heavy atom. The van der Waals surface area contributed by atoms with Crippen molar-refractivity contribution in [3.8, 4) is 5.69 Å². The average Bonchev–Trinajstić information content (AvgIpc) is 3.24. The van der Waals surface area contributed by atoms with Gasteiger partial charge < -0.3 is 11.1 Å². The third-order valence-corrected chi connectivity index (χ3v) is 5.33. The molecule has 31 heavy (non-hydrogen) atoms. The Kier molecular flexibility index (Phi) is 7.88. The number of aromatic nitrogens is 6. The van der Waals surface area contributed by atoms with Crippen molar-refractivity contribution >= 4 is 29.2 Å². The fourth-order valence-electron chi connectivity index (χ4n) is 2.73. The molecular weight excluding hydrogens is 435 g/mol. The molecule has 0 saturated heterocycles. The first-order valence-electron chi connectivity index (χ1n) is 9.49. The van der Waals surface area contributed by atoms with Gasteiger partial charge in [-0.25, -0.2) is 0 Å². The minimum absolute atomic E-state index is 0.400. The van der Waals surface area contributed by atoms with Crippen molar-refractivity contribution in [2.75, 3.05) is 5.32 Å². The topological polar surface area (TPSA) is 107 Å². The van der Waals surface area contributed by atoms with Crippen molar-refractivity contribution in [1.29, 1.82) is 0 Å². The summed E-state index contributed by atoms with van der Waals surface area (Å²) in [5.74, 6) is 0.479. The van der Waals surface area contributed by atoms with Gasteiger partial charge in [0.15, 0.2) is 0 Å². The Balaban J connectivity index is 0.000000254. The molecule has 0 radical (unpaired) electrons. The number of hydrogen-bond acceptors (Lipinski definition) is 7. The highest BCUT2D eigenvalue weighted by Gasteiger charge is 2.13. The van der Waals surface area contributed by atoms with Crippen LogP contribution in [-0.4, -0.2) is 30.2 Å². The van der Waals surface area contributed by atoms with Crippen LogP contribution in [0.1, 0.15) is 22.5 Å². The molecule has 0 unspecified atom stereocenters. The van der Waals surface area contributed by atoms with Gasteiger partial charge in [0.2, 0.25) is 5.95 Å². The number of pyridine rings is 2. The van der Waals surface area contributed by atoms with Gasteiger partial charge in [0, 0.05) is 36.9 Å². The van der Waals surface area contributed by atoms with Gasteiger partial charge >= 0.3 is 0 Å². The number of rotatable bonds is 5. The largest absolute Gasteiger partial charge is 0.349 e. The quantitative estimate of drug-likeness (QED) is 0.464. The standard InChI is InChI=1S/C14H12Cl2N6.C7H10N2/c1-9-10(4-3-7-17-9)8-18-14-19-20-21-22(14)12-6-2-5-11(15)13(12)16;1-6-7(5-8)3-2-4-9-6/h2-7H,8H2,1H3,(H,18,19,21);2-4H,5,8H2,1H3. The lowest BCUT2D eigenvalue weighted by Gasteiger charge is -2.10. The van der Waals surface area contributed by atoms with E-state index in [4.69, 9.17) is 28.9 Å². The number of benzene rings is 1. The fourth-order valence-corrected chi connectivity index (χ4v) is 3.10.